The second kappa shape index (κ2) is 15.5. The number of pyridine rings is 2. The summed E-state index contributed by atoms with van der Waals surface area (Å²) in [7, 11) is 6.24. The number of benzene rings is 4. The van der Waals surface area contributed by atoms with Crippen LogP contribution >= 0.6 is 11.3 Å². The van der Waals surface area contributed by atoms with E-state index in [1.807, 2.05) is 24.3 Å². The van der Waals surface area contributed by atoms with Crippen LogP contribution in [0.25, 0.3) is 55.2 Å². The molecule has 0 amide bonds. The van der Waals surface area contributed by atoms with E-state index in [0.717, 1.165) is 41.7 Å². The van der Waals surface area contributed by atoms with E-state index in [1.54, 1.807) is 44.8 Å². The number of ether oxygens (including phenoxy) is 2. The Morgan fingerprint density at radius 2 is 1.23 bits per heavy atom. The molecule has 60 heavy (non-hydrogen) atoms. The molecule has 0 spiro atoms. The summed E-state index contributed by atoms with van der Waals surface area (Å²) in [4.78, 5) is 34.9. The van der Waals surface area contributed by atoms with Crippen molar-refractivity contribution < 1.29 is 23.4 Å². The minimum absolute atomic E-state index is 0.00686. The van der Waals surface area contributed by atoms with Gasteiger partial charge in [0.05, 0.1) is 94.4 Å². The number of imidazole rings is 2. The van der Waals surface area contributed by atoms with Crippen molar-refractivity contribution in [1.82, 2.24) is 28.2 Å². The minimum Gasteiger partial charge on any atom is -0.504 e. The highest BCUT2D eigenvalue weighted by molar-refractivity contribution is 7.07. The number of nitrogens with zero attached hydrogens (tertiary/aromatic N) is 8. The van der Waals surface area contributed by atoms with Crippen LogP contribution in [-0.2, 0) is 26.9 Å². The van der Waals surface area contributed by atoms with Gasteiger partial charge in [-0.1, -0.05) is 0 Å². The Morgan fingerprint density at radius 1 is 0.717 bits per heavy atom. The van der Waals surface area contributed by atoms with E-state index in [-0.39, 0.29) is 34.0 Å². The number of phenolic OH excluding ortho intramolecular Hbond substituents is 1. The normalized spacial score (nSPS) is 11.1. The summed E-state index contributed by atoms with van der Waals surface area (Å²) in [5, 5.41) is 33.6. The van der Waals surface area contributed by atoms with Crippen molar-refractivity contribution in [3.63, 3.8) is 0 Å². The molecule has 4 aromatic carbocycles. The molecule has 0 saturated carbocycles. The Bertz CT molecular complexity index is 3390. The lowest BCUT2D eigenvalue weighted by Crippen LogP contribution is -2.21. The molecule has 13 nitrogen and oxygen atoms in total. The summed E-state index contributed by atoms with van der Waals surface area (Å²) in [6.07, 6.45) is 4.71. The number of halogens is 2. The number of hydrogen-bond acceptors (Lipinski definition) is 10. The number of nitriles is 2. The Kier molecular flexibility index (Phi) is 10.1. The van der Waals surface area contributed by atoms with Crippen LogP contribution in [-0.4, -0.2) is 47.6 Å². The first-order chi connectivity index (χ1) is 29.0. The zero-order valence-electron chi connectivity index (χ0n) is 32.4. The maximum absolute atomic E-state index is 15.0. The van der Waals surface area contributed by atoms with Gasteiger partial charge < -0.3 is 14.6 Å². The number of aromatic hydroxyl groups is 1. The lowest BCUT2D eigenvalue weighted by molar-refractivity contribution is 0.374. The fourth-order valence-electron chi connectivity index (χ4n) is 7.31. The zero-order chi connectivity index (χ0) is 42.4. The third kappa shape index (κ3) is 6.54. The smallest absolute Gasteiger partial charge is 0.333 e. The topological polar surface area (TPSA) is 166 Å². The monoisotopic (exact) mass is 822 g/mol. The van der Waals surface area contributed by atoms with Crippen LogP contribution in [0.3, 0.4) is 0 Å². The summed E-state index contributed by atoms with van der Waals surface area (Å²) in [5.41, 5.74) is 4.95. The van der Waals surface area contributed by atoms with Gasteiger partial charge >= 0.3 is 11.4 Å². The van der Waals surface area contributed by atoms with Gasteiger partial charge in [0.1, 0.15) is 17.4 Å². The first-order valence-corrected chi connectivity index (χ1v) is 19.2. The first-order valence-electron chi connectivity index (χ1n) is 18.2. The van der Waals surface area contributed by atoms with Crippen molar-refractivity contribution in [2.75, 3.05) is 14.2 Å². The Labute approximate surface area is 343 Å². The van der Waals surface area contributed by atoms with Gasteiger partial charge in [0, 0.05) is 37.0 Å². The molecule has 0 bridgehead atoms. The van der Waals surface area contributed by atoms with E-state index < -0.39 is 23.0 Å². The average molecular weight is 823 g/mol. The maximum Gasteiger partial charge on any atom is 0.333 e. The second-order valence-corrected chi connectivity index (χ2v) is 14.5. The highest BCUT2D eigenvalue weighted by atomic mass is 32.1. The molecule has 0 aliphatic carbocycles. The molecule has 0 aliphatic rings. The summed E-state index contributed by atoms with van der Waals surface area (Å²) in [5.74, 6) is -0.503. The van der Waals surface area contributed by atoms with E-state index in [4.69, 9.17) is 20.0 Å². The molecule has 5 heterocycles. The third-order valence-electron chi connectivity index (χ3n) is 10.4. The maximum atomic E-state index is 15.0. The van der Waals surface area contributed by atoms with Crippen molar-refractivity contribution in [1.29, 1.82) is 10.5 Å². The highest BCUT2D eigenvalue weighted by Gasteiger charge is 2.22. The molecule has 5 aromatic heterocycles. The summed E-state index contributed by atoms with van der Waals surface area (Å²) >= 11 is 1.66. The SMILES string of the molecule is COc1cc2ncc3c(c2cc1CCc1ccsc1)n(-c1ccc(C#N)cc1F)c(=O)n3C.COc1cc2ncc3c(c2cc1O)n(-c1ccc(C#N)cc1F)c(=O)n3C. The fourth-order valence-corrected chi connectivity index (χ4v) is 8.01. The molecular weight excluding hydrogens is 791 g/mol. The lowest BCUT2D eigenvalue weighted by atomic mass is 10.0. The number of methoxy groups -OCH3 is 2. The van der Waals surface area contributed by atoms with Crippen LogP contribution in [0.15, 0.2) is 99.5 Å². The molecule has 0 unspecified atom stereocenters. The van der Waals surface area contributed by atoms with Gasteiger partial charge in [0.15, 0.2) is 11.5 Å². The standard InChI is InChI=1S/C25H19FN4O2S.C19H13FN4O3/c1-29-22-13-28-20-11-23(32-2)17(5-3-15-7-8-33-14-15)10-18(20)24(22)30(25(29)31)21-6-4-16(12-27)9-19(21)26;1-23-15-9-22-13-7-17(27-2)16(25)6-11(13)18(15)24(19(23)26)14-4-3-10(8-21)5-12(14)20/h4,6-11,13-14H,3,5H2,1-2H3;3-7,9,25H,1-2H3. The van der Waals surface area contributed by atoms with Crippen LogP contribution in [0.1, 0.15) is 22.3 Å². The van der Waals surface area contributed by atoms with Crippen molar-refractivity contribution in [3.8, 4) is 40.8 Å². The molecule has 298 valence electrons. The predicted molar refractivity (Wildman–Crippen MR) is 223 cm³/mol. The summed E-state index contributed by atoms with van der Waals surface area (Å²) < 4.78 is 45.7. The van der Waals surface area contributed by atoms with E-state index in [0.29, 0.717) is 38.5 Å². The molecule has 0 radical (unpaired) electrons. The van der Waals surface area contributed by atoms with Gasteiger partial charge in [0.25, 0.3) is 0 Å². The van der Waals surface area contributed by atoms with Crippen molar-refractivity contribution in [2.24, 2.45) is 14.1 Å². The molecule has 0 saturated heterocycles. The zero-order valence-corrected chi connectivity index (χ0v) is 33.2. The van der Waals surface area contributed by atoms with E-state index in [9.17, 15) is 23.5 Å². The van der Waals surface area contributed by atoms with E-state index in [2.05, 4.69) is 26.8 Å². The van der Waals surface area contributed by atoms with Crippen LogP contribution < -0.4 is 20.9 Å². The van der Waals surface area contributed by atoms with Gasteiger partial charge in [0.2, 0.25) is 0 Å². The molecule has 9 rings (SSSR count). The number of hydrogen-bond donors (Lipinski definition) is 1. The fraction of sp³-hybridized carbons (Fsp3) is 0.136. The molecular formula is C44H32F2N8O5S. The van der Waals surface area contributed by atoms with Crippen LogP contribution in [0.5, 0.6) is 17.2 Å². The van der Waals surface area contributed by atoms with Crippen LogP contribution in [0, 0.1) is 34.3 Å². The molecule has 0 fully saturated rings. The summed E-state index contributed by atoms with van der Waals surface area (Å²) in [6, 6.07) is 20.7. The van der Waals surface area contributed by atoms with Crippen molar-refractivity contribution in [2.45, 2.75) is 12.8 Å². The molecule has 16 heteroatoms. The first kappa shape index (κ1) is 39.0. The Morgan fingerprint density at radius 3 is 1.70 bits per heavy atom. The average Bonchev–Trinajstić information content (AvgIpc) is 3.94. The molecule has 0 aliphatic heterocycles. The largest absolute Gasteiger partial charge is 0.504 e. The van der Waals surface area contributed by atoms with E-state index in [1.165, 1.54) is 67.5 Å². The van der Waals surface area contributed by atoms with Gasteiger partial charge in [-0.15, -0.1) is 0 Å². The number of thiophene rings is 1. The molecule has 1 N–H and O–H groups in total. The van der Waals surface area contributed by atoms with E-state index >= 15 is 0 Å². The molecule has 9 aromatic rings. The van der Waals surface area contributed by atoms with Crippen molar-refractivity contribution >= 4 is 55.2 Å². The van der Waals surface area contributed by atoms with Crippen LogP contribution in [0.2, 0.25) is 0 Å². The number of aromatic nitrogens is 6. The molecule has 0 atom stereocenters. The van der Waals surface area contributed by atoms with Gasteiger partial charge in [-0.3, -0.25) is 28.2 Å². The predicted octanol–water partition coefficient (Wildman–Crippen LogP) is 7.35. The van der Waals surface area contributed by atoms with Crippen molar-refractivity contribution in [3.05, 3.63) is 145 Å². The van der Waals surface area contributed by atoms with Crippen LogP contribution in [0.4, 0.5) is 8.78 Å². The van der Waals surface area contributed by atoms with Gasteiger partial charge in [-0.25, -0.2) is 18.4 Å². The van der Waals surface area contributed by atoms with Gasteiger partial charge in [-0.2, -0.15) is 21.9 Å². The third-order valence-corrected chi connectivity index (χ3v) is 11.1. The number of phenols is 1. The number of aryl methyl sites for hydroxylation is 4. The number of fused-ring (bicyclic) bond motifs is 6. The Hall–Kier alpha value is -7.82. The lowest BCUT2D eigenvalue weighted by Gasteiger charge is -2.12. The Balaban J connectivity index is 0.000000170. The quantitative estimate of drug-likeness (QED) is 0.173. The highest BCUT2D eigenvalue weighted by Crippen LogP contribution is 2.35. The number of rotatable bonds is 7. The summed E-state index contributed by atoms with van der Waals surface area (Å²) in [6.45, 7) is 0. The minimum atomic E-state index is -0.702. The second-order valence-electron chi connectivity index (χ2n) is 13.7. The van der Waals surface area contributed by atoms with Gasteiger partial charge in [-0.05, 0) is 89.3 Å².